The summed E-state index contributed by atoms with van der Waals surface area (Å²) in [6.45, 7) is 0.0265. The SMILES string of the molecule is CN(Cc1ccccc1OC(F)(F)F)C(=O)Cc1ccc2ccccc2c1. The third-order valence-corrected chi connectivity index (χ3v) is 4.20. The van der Waals surface area contributed by atoms with Crippen molar-refractivity contribution in [3.63, 3.8) is 0 Å². The van der Waals surface area contributed by atoms with Gasteiger partial charge in [-0.2, -0.15) is 0 Å². The number of amides is 1. The topological polar surface area (TPSA) is 29.5 Å². The highest BCUT2D eigenvalue weighted by Crippen LogP contribution is 2.27. The van der Waals surface area contributed by atoms with Crippen LogP contribution in [-0.4, -0.2) is 24.2 Å². The standard InChI is InChI=1S/C21H18F3NO2/c1-25(14-18-8-4-5-9-19(18)27-21(22,23)24)20(26)13-15-10-11-16-6-2-3-7-17(16)12-15/h2-12H,13-14H2,1H3. The van der Waals surface area contributed by atoms with Gasteiger partial charge >= 0.3 is 6.36 Å². The van der Waals surface area contributed by atoms with Crippen molar-refractivity contribution in [2.45, 2.75) is 19.3 Å². The smallest absolute Gasteiger partial charge is 0.405 e. The molecule has 0 fully saturated rings. The molecule has 140 valence electrons. The van der Waals surface area contributed by atoms with Crippen molar-refractivity contribution in [1.82, 2.24) is 4.90 Å². The molecule has 0 radical (unpaired) electrons. The molecule has 0 saturated heterocycles. The van der Waals surface area contributed by atoms with E-state index in [1.165, 1.54) is 23.1 Å². The molecule has 1 amide bonds. The monoisotopic (exact) mass is 373 g/mol. The van der Waals surface area contributed by atoms with E-state index >= 15 is 0 Å². The molecule has 0 atom stereocenters. The van der Waals surface area contributed by atoms with E-state index < -0.39 is 6.36 Å². The van der Waals surface area contributed by atoms with Crippen molar-refractivity contribution in [2.75, 3.05) is 7.05 Å². The lowest BCUT2D eigenvalue weighted by Gasteiger charge is -2.20. The van der Waals surface area contributed by atoms with E-state index in [1.54, 1.807) is 13.1 Å². The first-order valence-electron chi connectivity index (χ1n) is 8.37. The maximum absolute atomic E-state index is 12.5. The zero-order chi connectivity index (χ0) is 19.4. The summed E-state index contributed by atoms with van der Waals surface area (Å²) >= 11 is 0. The van der Waals surface area contributed by atoms with Crippen molar-refractivity contribution >= 4 is 16.7 Å². The highest BCUT2D eigenvalue weighted by atomic mass is 19.4. The highest BCUT2D eigenvalue weighted by Gasteiger charge is 2.32. The summed E-state index contributed by atoms with van der Waals surface area (Å²) < 4.78 is 41.6. The zero-order valence-electron chi connectivity index (χ0n) is 14.7. The second-order valence-corrected chi connectivity index (χ2v) is 6.26. The minimum absolute atomic E-state index is 0.0265. The molecule has 0 saturated carbocycles. The van der Waals surface area contributed by atoms with Gasteiger partial charge in [-0.25, -0.2) is 0 Å². The Morgan fingerprint density at radius 1 is 0.963 bits per heavy atom. The third-order valence-electron chi connectivity index (χ3n) is 4.20. The fraction of sp³-hybridized carbons (Fsp3) is 0.190. The Bertz CT molecular complexity index is 953. The van der Waals surface area contributed by atoms with Crippen molar-refractivity contribution in [3.8, 4) is 5.75 Å². The molecule has 0 spiro atoms. The molecule has 0 bridgehead atoms. The number of rotatable bonds is 5. The molecule has 0 unspecified atom stereocenters. The van der Waals surface area contributed by atoms with E-state index in [9.17, 15) is 18.0 Å². The number of fused-ring (bicyclic) bond motifs is 1. The van der Waals surface area contributed by atoms with Gasteiger partial charge in [-0.05, 0) is 22.4 Å². The van der Waals surface area contributed by atoms with Crippen molar-refractivity contribution in [3.05, 3.63) is 77.9 Å². The second kappa shape index (κ2) is 7.70. The predicted octanol–water partition coefficient (Wildman–Crippen LogP) is 4.94. The van der Waals surface area contributed by atoms with Crippen LogP contribution in [0.2, 0.25) is 0 Å². The summed E-state index contributed by atoms with van der Waals surface area (Å²) in [5, 5.41) is 2.12. The van der Waals surface area contributed by atoms with Crippen LogP contribution in [0.5, 0.6) is 5.75 Å². The van der Waals surface area contributed by atoms with Crippen LogP contribution in [0.25, 0.3) is 10.8 Å². The van der Waals surface area contributed by atoms with Gasteiger partial charge in [0.05, 0.1) is 6.42 Å². The normalized spacial score (nSPS) is 11.4. The fourth-order valence-electron chi connectivity index (χ4n) is 2.86. The number of benzene rings is 3. The largest absolute Gasteiger partial charge is 0.573 e. The Balaban J connectivity index is 1.70. The average molecular weight is 373 g/mol. The van der Waals surface area contributed by atoms with E-state index in [-0.39, 0.29) is 24.6 Å². The fourth-order valence-corrected chi connectivity index (χ4v) is 2.86. The van der Waals surface area contributed by atoms with Crippen LogP contribution in [0.3, 0.4) is 0 Å². The molecule has 0 aromatic heterocycles. The first kappa shape index (κ1) is 18.8. The lowest BCUT2D eigenvalue weighted by atomic mass is 10.0. The maximum Gasteiger partial charge on any atom is 0.573 e. The molecule has 3 nitrogen and oxygen atoms in total. The Labute approximate surface area is 155 Å². The second-order valence-electron chi connectivity index (χ2n) is 6.26. The third kappa shape index (κ3) is 5.00. The van der Waals surface area contributed by atoms with Gasteiger partial charge < -0.3 is 9.64 Å². The maximum atomic E-state index is 12.5. The Morgan fingerprint density at radius 3 is 2.37 bits per heavy atom. The van der Waals surface area contributed by atoms with Crippen molar-refractivity contribution in [2.24, 2.45) is 0 Å². The van der Waals surface area contributed by atoms with E-state index in [0.29, 0.717) is 5.56 Å². The summed E-state index contributed by atoms with van der Waals surface area (Å²) in [7, 11) is 1.56. The van der Waals surface area contributed by atoms with Crippen LogP contribution in [0, 0.1) is 0 Å². The molecule has 0 heterocycles. The van der Waals surface area contributed by atoms with Crippen LogP contribution in [-0.2, 0) is 17.8 Å². The van der Waals surface area contributed by atoms with Gasteiger partial charge in [-0.3, -0.25) is 4.79 Å². The van der Waals surface area contributed by atoms with Gasteiger partial charge in [0.15, 0.2) is 0 Å². The Morgan fingerprint density at radius 2 is 1.63 bits per heavy atom. The lowest BCUT2D eigenvalue weighted by Crippen LogP contribution is -2.28. The highest BCUT2D eigenvalue weighted by molar-refractivity contribution is 5.85. The quantitative estimate of drug-likeness (QED) is 0.634. The number of ether oxygens (including phenoxy) is 1. The molecule has 0 aliphatic rings. The molecule has 3 aromatic carbocycles. The molecule has 3 rings (SSSR count). The molecule has 3 aromatic rings. The van der Waals surface area contributed by atoms with Gasteiger partial charge in [-0.15, -0.1) is 13.2 Å². The van der Waals surface area contributed by atoms with Crippen LogP contribution in [0.15, 0.2) is 66.7 Å². The average Bonchev–Trinajstić information content (AvgIpc) is 2.62. The molecule has 0 N–H and O–H groups in total. The van der Waals surface area contributed by atoms with E-state index in [2.05, 4.69) is 4.74 Å². The summed E-state index contributed by atoms with van der Waals surface area (Å²) in [6.07, 6.45) is -4.60. The zero-order valence-corrected chi connectivity index (χ0v) is 14.7. The number of nitrogens with zero attached hydrogens (tertiary/aromatic N) is 1. The molecule has 6 heteroatoms. The predicted molar refractivity (Wildman–Crippen MR) is 97.3 cm³/mol. The molecule has 0 aliphatic heterocycles. The summed E-state index contributed by atoms with van der Waals surface area (Å²) in [6, 6.07) is 19.4. The Kier molecular flexibility index (Phi) is 5.35. The Hall–Kier alpha value is -3.02. The summed E-state index contributed by atoms with van der Waals surface area (Å²) in [5.41, 5.74) is 1.15. The van der Waals surface area contributed by atoms with Crippen LogP contribution in [0.4, 0.5) is 13.2 Å². The van der Waals surface area contributed by atoms with E-state index in [0.717, 1.165) is 16.3 Å². The molecule has 0 aliphatic carbocycles. The van der Waals surface area contributed by atoms with Gasteiger partial charge in [-0.1, -0.05) is 60.7 Å². The van der Waals surface area contributed by atoms with Crippen LogP contribution in [0.1, 0.15) is 11.1 Å². The number of hydrogen-bond donors (Lipinski definition) is 0. The number of halogens is 3. The number of carbonyl (C=O) groups excluding carboxylic acids is 1. The molecule has 27 heavy (non-hydrogen) atoms. The van der Waals surface area contributed by atoms with E-state index in [1.807, 2.05) is 42.5 Å². The van der Waals surface area contributed by atoms with Crippen molar-refractivity contribution < 1.29 is 22.7 Å². The summed E-state index contributed by atoms with van der Waals surface area (Å²) in [4.78, 5) is 13.9. The van der Waals surface area contributed by atoms with Gasteiger partial charge in [0, 0.05) is 19.2 Å². The number of para-hydroxylation sites is 1. The van der Waals surface area contributed by atoms with Gasteiger partial charge in [0.1, 0.15) is 5.75 Å². The summed E-state index contributed by atoms with van der Waals surface area (Å²) in [5.74, 6) is -0.484. The van der Waals surface area contributed by atoms with Gasteiger partial charge in [0.25, 0.3) is 0 Å². The number of carbonyl (C=O) groups is 1. The number of likely N-dealkylation sites (N-methyl/N-ethyl adjacent to an activating group) is 1. The van der Waals surface area contributed by atoms with Crippen molar-refractivity contribution in [1.29, 1.82) is 0 Å². The molecular weight excluding hydrogens is 355 g/mol. The lowest BCUT2D eigenvalue weighted by molar-refractivity contribution is -0.275. The van der Waals surface area contributed by atoms with Gasteiger partial charge in [0.2, 0.25) is 5.91 Å². The first-order valence-corrected chi connectivity index (χ1v) is 8.37. The number of hydrogen-bond acceptors (Lipinski definition) is 2. The minimum Gasteiger partial charge on any atom is -0.405 e. The van der Waals surface area contributed by atoms with Crippen LogP contribution < -0.4 is 4.74 Å². The van der Waals surface area contributed by atoms with Crippen LogP contribution >= 0.6 is 0 Å². The molecular formula is C21H18F3NO2. The van der Waals surface area contributed by atoms with E-state index in [4.69, 9.17) is 0 Å². The first-order chi connectivity index (χ1) is 12.8. The number of alkyl halides is 3. The minimum atomic E-state index is -4.77.